The fourth-order valence-corrected chi connectivity index (χ4v) is 2.41. The zero-order valence-corrected chi connectivity index (χ0v) is 12.5. The molecule has 1 aromatic heterocycles. The van der Waals surface area contributed by atoms with Crippen molar-refractivity contribution in [2.45, 2.75) is 38.6 Å². The lowest BCUT2D eigenvalue weighted by Crippen LogP contribution is -2.46. The fourth-order valence-electron chi connectivity index (χ4n) is 2.41. The zero-order chi connectivity index (χ0) is 15.2. The van der Waals surface area contributed by atoms with E-state index in [1.165, 1.54) is 4.90 Å². The predicted octanol–water partition coefficient (Wildman–Crippen LogP) is 0.912. The first-order chi connectivity index (χ1) is 10.1. The second-order valence-corrected chi connectivity index (χ2v) is 5.42. The first-order valence-corrected chi connectivity index (χ1v) is 7.28. The van der Waals surface area contributed by atoms with Gasteiger partial charge < -0.3 is 20.1 Å². The molecule has 1 aromatic rings. The van der Waals surface area contributed by atoms with Gasteiger partial charge in [-0.3, -0.25) is 9.59 Å². The Morgan fingerprint density at radius 1 is 1.48 bits per heavy atom. The molecule has 116 valence electrons. The van der Waals surface area contributed by atoms with Gasteiger partial charge in [0.1, 0.15) is 5.76 Å². The number of aryl methyl sites for hydroxylation is 1. The van der Waals surface area contributed by atoms with Gasteiger partial charge in [0.15, 0.2) is 5.82 Å². The highest BCUT2D eigenvalue weighted by Gasteiger charge is 2.24. The highest BCUT2D eigenvalue weighted by molar-refractivity contribution is 5.94. The average molecular weight is 294 g/mol. The average Bonchev–Trinajstić information content (AvgIpc) is 2.69. The summed E-state index contributed by atoms with van der Waals surface area (Å²) in [5.41, 5.74) is 0. The molecule has 2 rings (SSSR count). The van der Waals surface area contributed by atoms with Gasteiger partial charge in [0.05, 0.1) is 12.6 Å². The quantitative estimate of drug-likeness (QED) is 0.862. The Morgan fingerprint density at radius 2 is 2.29 bits per heavy atom. The van der Waals surface area contributed by atoms with E-state index in [0.717, 1.165) is 32.2 Å². The molecule has 0 radical (unpaired) electrons. The first kappa shape index (κ1) is 15.5. The summed E-state index contributed by atoms with van der Waals surface area (Å²) in [5, 5.41) is 9.53. The van der Waals surface area contributed by atoms with Crippen LogP contribution >= 0.6 is 0 Å². The van der Waals surface area contributed by atoms with Gasteiger partial charge in [0, 0.05) is 13.1 Å². The molecular formula is C14H22N4O3. The predicted molar refractivity (Wildman–Crippen MR) is 77.8 cm³/mol. The van der Waals surface area contributed by atoms with Crippen LogP contribution in [0.4, 0.5) is 5.82 Å². The van der Waals surface area contributed by atoms with Gasteiger partial charge in [-0.2, -0.15) is 0 Å². The lowest BCUT2D eigenvalue weighted by atomic mass is 10.1. The maximum absolute atomic E-state index is 12.3. The molecule has 7 nitrogen and oxygen atoms in total. The van der Waals surface area contributed by atoms with E-state index in [9.17, 15) is 9.59 Å². The Bertz CT molecular complexity index is 492. The molecule has 0 aromatic carbocycles. The highest BCUT2D eigenvalue weighted by Crippen LogP contribution is 2.11. The minimum atomic E-state index is -0.284. The zero-order valence-electron chi connectivity index (χ0n) is 12.5. The van der Waals surface area contributed by atoms with Crippen LogP contribution in [0.15, 0.2) is 10.6 Å². The smallest absolute Gasteiger partial charge is 0.245 e. The molecular weight excluding hydrogens is 272 g/mol. The number of anilines is 1. The number of amides is 2. The standard InChI is InChI=1S/C14H22N4O3/c1-10-8-12(17-21-10)16-13(19)9-18(2)14(20)11-6-4-3-5-7-15-11/h8,11,15H,3-7,9H2,1-2H3,(H,16,17,19). The van der Waals surface area contributed by atoms with Gasteiger partial charge in [0.25, 0.3) is 0 Å². The molecule has 2 N–H and O–H groups in total. The second kappa shape index (κ2) is 7.21. The lowest BCUT2D eigenvalue weighted by Gasteiger charge is -2.22. The topological polar surface area (TPSA) is 87.5 Å². The van der Waals surface area contributed by atoms with Crippen molar-refractivity contribution in [3.05, 3.63) is 11.8 Å². The van der Waals surface area contributed by atoms with Crippen molar-refractivity contribution in [2.24, 2.45) is 0 Å². The van der Waals surface area contributed by atoms with Gasteiger partial charge in [0.2, 0.25) is 11.8 Å². The van der Waals surface area contributed by atoms with Crippen molar-refractivity contribution in [1.82, 2.24) is 15.4 Å². The molecule has 1 aliphatic heterocycles. The van der Waals surface area contributed by atoms with Crippen LogP contribution in [-0.2, 0) is 9.59 Å². The van der Waals surface area contributed by atoms with Crippen LogP contribution in [0.3, 0.4) is 0 Å². The Morgan fingerprint density at radius 3 is 3.00 bits per heavy atom. The molecule has 7 heteroatoms. The monoisotopic (exact) mass is 294 g/mol. The fraction of sp³-hybridized carbons (Fsp3) is 0.643. The molecule has 0 bridgehead atoms. The summed E-state index contributed by atoms with van der Waals surface area (Å²) in [7, 11) is 1.64. The Balaban J connectivity index is 1.83. The van der Waals surface area contributed by atoms with Crippen LogP contribution in [-0.4, -0.2) is 48.0 Å². The molecule has 0 aliphatic carbocycles. The van der Waals surface area contributed by atoms with Crippen molar-refractivity contribution >= 4 is 17.6 Å². The van der Waals surface area contributed by atoms with Crippen molar-refractivity contribution in [2.75, 3.05) is 25.5 Å². The summed E-state index contributed by atoms with van der Waals surface area (Å²) in [6.45, 7) is 2.60. The molecule has 1 unspecified atom stereocenters. The summed E-state index contributed by atoms with van der Waals surface area (Å²) in [6.07, 6.45) is 4.11. The number of likely N-dealkylation sites (N-methyl/N-ethyl adjacent to an activating group) is 1. The van der Waals surface area contributed by atoms with E-state index in [1.54, 1.807) is 20.0 Å². The molecule has 21 heavy (non-hydrogen) atoms. The van der Waals surface area contributed by atoms with Crippen LogP contribution in [0, 0.1) is 6.92 Å². The van der Waals surface area contributed by atoms with Crippen LogP contribution in [0.1, 0.15) is 31.4 Å². The molecule has 2 heterocycles. The number of aromatic nitrogens is 1. The maximum atomic E-state index is 12.3. The number of carbonyl (C=O) groups excluding carboxylic acids is 2. The van der Waals surface area contributed by atoms with Crippen LogP contribution in [0.2, 0.25) is 0 Å². The largest absolute Gasteiger partial charge is 0.360 e. The van der Waals surface area contributed by atoms with Crippen LogP contribution in [0.25, 0.3) is 0 Å². The third-order valence-corrected chi connectivity index (χ3v) is 3.51. The molecule has 1 fully saturated rings. The molecule has 1 aliphatic rings. The van der Waals surface area contributed by atoms with Gasteiger partial charge >= 0.3 is 0 Å². The molecule has 2 amide bonds. The lowest BCUT2D eigenvalue weighted by molar-refractivity contribution is -0.135. The molecule has 0 saturated carbocycles. The Labute approximate surface area is 124 Å². The normalized spacial score (nSPS) is 18.9. The van der Waals surface area contributed by atoms with E-state index in [4.69, 9.17) is 4.52 Å². The van der Waals surface area contributed by atoms with Crippen molar-refractivity contribution < 1.29 is 14.1 Å². The van der Waals surface area contributed by atoms with Gasteiger partial charge in [-0.15, -0.1) is 0 Å². The summed E-state index contributed by atoms with van der Waals surface area (Å²) in [6, 6.07) is 1.45. The third-order valence-electron chi connectivity index (χ3n) is 3.51. The number of hydrogen-bond acceptors (Lipinski definition) is 5. The van der Waals surface area contributed by atoms with Crippen molar-refractivity contribution in [3.63, 3.8) is 0 Å². The van der Waals surface area contributed by atoms with E-state index in [2.05, 4.69) is 15.8 Å². The van der Waals surface area contributed by atoms with Gasteiger partial charge in [-0.1, -0.05) is 18.0 Å². The van der Waals surface area contributed by atoms with Gasteiger partial charge in [-0.05, 0) is 26.3 Å². The van der Waals surface area contributed by atoms with E-state index in [-0.39, 0.29) is 24.4 Å². The Hall–Kier alpha value is -1.89. The SMILES string of the molecule is Cc1cc(NC(=O)CN(C)C(=O)C2CCCCCN2)no1. The first-order valence-electron chi connectivity index (χ1n) is 7.28. The molecule has 0 spiro atoms. The minimum absolute atomic E-state index is 0.00290. The molecule has 1 atom stereocenters. The van der Waals surface area contributed by atoms with Gasteiger partial charge in [-0.25, -0.2) is 0 Å². The number of nitrogens with one attached hydrogen (secondary N) is 2. The number of nitrogens with zero attached hydrogens (tertiary/aromatic N) is 2. The Kier molecular flexibility index (Phi) is 5.32. The number of carbonyl (C=O) groups is 2. The van der Waals surface area contributed by atoms with E-state index < -0.39 is 0 Å². The third kappa shape index (κ3) is 4.56. The number of rotatable bonds is 4. The molecule has 1 saturated heterocycles. The summed E-state index contributed by atoms with van der Waals surface area (Å²) < 4.78 is 4.87. The van der Waals surface area contributed by atoms with Crippen LogP contribution in [0.5, 0.6) is 0 Å². The summed E-state index contributed by atoms with van der Waals surface area (Å²) in [5.74, 6) is 0.666. The second-order valence-electron chi connectivity index (χ2n) is 5.42. The van der Waals surface area contributed by atoms with E-state index in [0.29, 0.717) is 11.6 Å². The van der Waals surface area contributed by atoms with Crippen molar-refractivity contribution in [3.8, 4) is 0 Å². The highest BCUT2D eigenvalue weighted by atomic mass is 16.5. The van der Waals surface area contributed by atoms with E-state index in [1.807, 2.05) is 0 Å². The van der Waals surface area contributed by atoms with Crippen molar-refractivity contribution in [1.29, 1.82) is 0 Å². The maximum Gasteiger partial charge on any atom is 0.245 e. The summed E-state index contributed by atoms with van der Waals surface area (Å²) >= 11 is 0. The number of hydrogen-bond donors (Lipinski definition) is 2. The minimum Gasteiger partial charge on any atom is -0.360 e. The van der Waals surface area contributed by atoms with E-state index >= 15 is 0 Å². The summed E-state index contributed by atoms with van der Waals surface area (Å²) in [4.78, 5) is 25.6. The van der Waals surface area contributed by atoms with Crippen LogP contribution < -0.4 is 10.6 Å².